The lowest BCUT2D eigenvalue weighted by Gasteiger charge is -1.58. The van der Waals surface area contributed by atoms with Crippen molar-refractivity contribution in [3.05, 3.63) is 0 Å². The second kappa shape index (κ2) is 3.14. The highest BCUT2D eigenvalue weighted by molar-refractivity contribution is 6.14. The van der Waals surface area contributed by atoms with Gasteiger partial charge in [0.15, 0.2) is 0 Å². The first-order valence-corrected chi connectivity index (χ1v) is 1.14. The molecule has 0 atom stereocenters. The lowest BCUT2D eigenvalue weighted by molar-refractivity contribution is 1.27. The van der Waals surface area contributed by atoms with Gasteiger partial charge in [0, 0.05) is 6.21 Å². The van der Waals surface area contributed by atoms with E-state index < -0.39 is 0 Å². The molecule has 0 heterocycles. The summed E-state index contributed by atoms with van der Waals surface area (Å²) < 4.78 is 0. The minimum atomic E-state index is 1.01. The molecule has 0 spiro atoms. The Morgan fingerprint density at radius 3 is 2.40 bits per heavy atom. The predicted molar refractivity (Wildman–Crippen MR) is 21.5 cm³/mol. The van der Waals surface area contributed by atoms with Crippen LogP contribution in [0, 0.1) is 5.41 Å². The van der Waals surface area contributed by atoms with Crippen LogP contribution in [0.4, 0.5) is 0 Å². The summed E-state index contributed by atoms with van der Waals surface area (Å²) in [6.07, 6.45) is 2.21. The van der Waals surface area contributed by atoms with Crippen LogP contribution in [0.15, 0.2) is 5.10 Å². The molecule has 5 heavy (non-hydrogen) atoms. The number of hydrazone groups is 1. The zero-order chi connectivity index (χ0) is 4.12. The highest BCUT2D eigenvalue weighted by Gasteiger charge is 1.44. The van der Waals surface area contributed by atoms with Crippen molar-refractivity contribution < 1.29 is 0 Å². The van der Waals surface area contributed by atoms with E-state index in [-0.39, 0.29) is 0 Å². The van der Waals surface area contributed by atoms with E-state index in [0.29, 0.717) is 0 Å². The van der Waals surface area contributed by atoms with Crippen LogP contribution in [0.1, 0.15) is 0 Å². The van der Waals surface area contributed by atoms with Gasteiger partial charge in [-0.3, -0.25) is 0 Å². The van der Waals surface area contributed by atoms with E-state index in [9.17, 15) is 0 Å². The number of rotatable bonds is 1. The van der Waals surface area contributed by atoms with E-state index in [1.54, 1.807) is 0 Å². The Balaban J connectivity index is 2.92. The van der Waals surface area contributed by atoms with Gasteiger partial charge in [-0.15, -0.1) is 0 Å². The summed E-state index contributed by atoms with van der Waals surface area (Å²) in [6, 6.07) is 0. The molecule has 28 valence electrons. The van der Waals surface area contributed by atoms with Gasteiger partial charge in [-0.25, -0.2) is 0 Å². The Bertz CT molecular complexity index is 46.9. The van der Waals surface area contributed by atoms with E-state index in [0.717, 1.165) is 6.21 Å². The van der Waals surface area contributed by atoms with Gasteiger partial charge < -0.3 is 11.3 Å². The molecule has 0 aliphatic heterocycles. The van der Waals surface area contributed by atoms with Crippen LogP contribution in [0.5, 0.6) is 0 Å². The van der Waals surface area contributed by atoms with Crippen LogP contribution >= 0.6 is 0 Å². The predicted octanol–water partition coefficient (Wildman–Crippen LogP) is -0.420. The molecule has 0 unspecified atom stereocenters. The fourth-order valence-corrected chi connectivity index (χ4v) is 0.0430. The third-order valence-corrected chi connectivity index (χ3v) is 0.161. The van der Waals surface area contributed by atoms with Gasteiger partial charge in [-0.05, 0) is 0 Å². The summed E-state index contributed by atoms with van der Waals surface area (Å²) in [7, 11) is 0. The second-order valence-corrected chi connectivity index (χ2v) is 0.465. The van der Waals surface area contributed by atoms with Crippen molar-refractivity contribution in [1.82, 2.24) is 0 Å². The first-order valence-electron chi connectivity index (χ1n) is 1.14. The maximum absolute atomic E-state index is 6.25. The topological polar surface area (TPSA) is 62.2 Å². The molecule has 3 N–H and O–H groups in total. The van der Waals surface area contributed by atoms with Crippen molar-refractivity contribution in [3.8, 4) is 0 Å². The minimum Gasteiger partial charge on any atom is -0.323 e. The number of hydrogen-bond donors (Lipinski definition) is 2. The van der Waals surface area contributed by atoms with Gasteiger partial charge in [0.2, 0.25) is 0 Å². The number of hydrogen-bond acceptors (Lipinski definition) is 3. The largest absolute Gasteiger partial charge is 0.323 e. The zero-order valence-corrected chi connectivity index (χ0v) is 2.68. The van der Waals surface area contributed by atoms with Crippen molar-refractivity contribution in [2.24, 2.45) is 10.9 Å². The Hall–Kier alpha value is -0.860. The molecule has 3 nitrogen and oxygen atoms in total. The van der Waals surface area contributed by atoms with Crippen LogP contribution in [-0.2, 0) is 0 Å². The summed E-state index contributed by atoms with van der Waals surface area (Å²) in [6.45, 7) is 0. The third kappa shape index (κ3) is 3.14. The average Bonchev–Trinajstić information content (AvgIpc) is 1.41. The molecular formula is C2H5N3. The van der Waals surface area contributed by atoms with Gasteiger partial charge in [0.25, 0.3) is 0 Å². The fourth-order valence-electron chi connectivity index (χ4n) is 0.0430. The average molecular weight is 71.1 g/mol. The van der Waals surface area contributed by atoms with E-state index in [1.165, 1.54) is 6.21 Å². The Labute approximate surface area is 30.0 Å². The first kappa shape index (κ1) is 4.14. The van der Waals surface area contributed by atoms with Crippen molar-refractivity contribution in [3.63, 3.8) is 0 Å². The maximum Gasteiger partial charge on any atom is 0.0641 e. The Morgan fingerprint density at radius 2 is 2.40 bits per heavy atom. The van der Waals surface area contributed by atoms with E-state index in [2.05, 4.69) is 10.9 Å². The monoisotopic (exact) mass is 71.0 g/mol. The van der Waals surface area contributed by atoms with Crippen molar-refractivity contribution in [1.29, 1.82) is 5.41 Å². The van der Waals surface area contributed by atoms with Crippen molar-refractivity contribution in [2.45, 2.75) is 0 Å². The fraction of sp³-hybridized carbons (Fsp3) is 0. The van der Waals surface area contributed by atoms with Crippen LogP contribution in [-0.4, -0.2) is 12.4 Å². The minimum absolute atomic E-state index is 1.01. The van der Waals surface area contributed by atoms with Crippen LogP contribution in [0.25, 0.3) is 0 Å². The third-order valence-electron chi connectivity index (χ3n) is 0.161. The lowest BCUT2D eigenvalue weighted by atomic mass is 10.8. The summed E-state index contributed by atoms with van der Waals surface area (Å²) in [4.78, 5) is 0. The Morgan fingerprint density at radius 1 is 1.80 bits per heavy atom. The summed E-state index contributed by atoms with van der Waals surface area (Å²) >= 11 is 0. The summed E-state index contributed by atoms with van der Waals surface area (Å²) in [5, 5.41) is 9.23. The maximum atomic E-state index is 6.25. The molecule has 0 rings (SSSR count). The molecule has 0 amide bonds. The van der Waals surface area contributed by atoms with Crippen molar-refractivity contribution >= 4 is 12.4 Å². The highest BCUT2D eigenvalue weighted by Crippen LogP contribution is 1.30. The standard InChI is InChI=1S/C2H5N3/c3-1-2-5-4/h1-3H,4H2/b3-1?,5-2+. The molecule has 0 aliphatic rings. The molecular weight excluding hydrogens is 66.0 g/mol. The zero-order valence-electron chi connectivity index (χ0n) is 2.68. The van der Waals surface area contributed by atoms with Gasteiger partial charge in [-0.1, -0.05) is 0 Å². The Kier molecular flexibility index (Phi) is 2.60. The summed E-state index contributed by atoms with van der Waals surface area (Å²) in [5.41, 5.74) is 0. The van der Waals surface area contributed by atoms with E-state index in [1.807, 2.05) is 0 Å². The van der Waals surface area contributed by atoms with Crippen LogP contribution < -0.4 is 5.84 Å². The SMILES string of the molecule is N=C/C=N/N. The smallest absolute Gasteiger partial charge is 0.0641 e. The molecule has 3 heteroatoms. The molecule has 0 aromatic carbocycles. The van der Waals surface area contributed by atoms with Crippen LogP contribution in [0.3, 0.4) is 0 Å². The molecule has 0 aliphatic carbocycles. The van der Waals surface area contributed by atoms with E-state index >= 15 is 0 Å². The van der Waals surface area contributed by atoms with E-state index in [4.69, 9.17) is 5.41 Å². The molecule has 0 aromatic heterocycles. The lowest BCUT2D eigenvalue weighted by Crippen LogP contribution is -1.80. The van der Waals surface area contributed by atoms with Gasteiger partial charge in [-0.2, -0.15) is 5.10 Å². The molecule has 0 aromatic rings. The number of nitrogens with two attached hydrogens (primary N) is 1. The summed E-state index contributed by atoms with van der Waals surface area (Å²) in [5.74, 6) is 4.56. The quantitative estimate of drug-likeness (QED) is 0.246. The molecule has 0 radical (unpaired) electrons. The molecule has 0 saturated carbocycles. The normalized spacial score (nSPS) is 8.80. The number of nitrogens with one attached hydrogen (secondary N) is 1. The number of nitrogens with zero attached hydrogens (tertiary/aromatic N) is 1. The van der Waals surface area contributed by atoms with Crippen LogP contribution in [0.2, 0.25) is 0 Å². The van der Waals surface area contributed by atoms with Gasteiger partial charge in [0.1, 0.15) is 0 Å². The molecule has 0 bridgehead atoms. The highest BCUT2D eigenvalue weighted by atomic mass is 15.1. The van der Waals surface area contributed by atoms with Crippen molar-refractivity contribution in [2.75, 3.05) is 0 Å². The first-order chi connectivity index (χ1) is 2.41. The van der Waals surface area contributed by atoms with Gasteiger partial charge >= 0.3 is 0 Å². The van der Waals surface area contributed by atoms with Gasteiger partial charge in [0.05, 0.1) is 6.21 Å². The second-order valence-electron chi connectivity index (χ2n) is 0.465. The molecule has 0 fully saturated rings. The molecule has 0 saturated heterocycles.